The monoisotopic (exact) mass is 1430 g/mol. The third-order valence-corrected chi connectivity index (χ3v) is 18.4. The van der Waals surface area contributed by atoms with Crippen molar-refractivity contribution in [3.63, 3.8) is 0 Å². The van der Waals surface area contributed by atoms with Gasteiger partial charge in [-0.1, -0.05) is 96.5 Å². The smallest absolute Gasteiger partial charge is 0.246 e. The first kappa shape index (κ1) is 82.5. The zero-order chi connectivity index (χ0) is 74.8. The summed E-state index contributed by atoms with van der Waals surface area (Å²) in [4.78, 5) is 199. The van der Waals surface area contributed by atoms with Crippen LogP contribution in [0.1, 0.15) is 150 Å². The fourth-order valence-corrected chi connectivity index (χ4v) is 12.6. The molecular weight excluding hydrogens is 1320 g/mol. The van der Waals surface area contributed by atoms with Crippen molar-refractivity contribution in [3.8, 4) is 0 Å². The van der Waals surface area contributed by atoms with E-state index in [0.29, 0.717) is 37.7 Å². The van der Waals surface area contributed by atoms with E-state index in [2.05, 4.69) is 70.8 Å². The fraction of sp³-hybridized carbons (Fsp3) is 0.600. The maximum atomic E-state index is 14.7. The number of unbranched alkanes of at least 4 members (excludes halogenated alkanes) is 1. The van der Waals surface area contributed by atoms with Crippen LogP contribution in [0.4, 0.5) is 0 Å². The van der Waals surface area contributed by atoms with Gasteiger partial charge in [0.25, 0.3) is 0 Å². The summed E-state index contributed by atoms with van der Waals surface area (Å²) in [6.07, 6.45) is 3.54. The first-order valence-corrected chi connectivity index (χ1v) is 35.6. The Morgan fingerprint density at radius 3 is 1.61 bits per heavy atom. The minimum absolute atomic E-state index is 0.0241. The van der Waals surface area contributed by atoms with E-state index in [1.54, 1.807) is 71.1 Å². The van der Waals surface area contributed by atoms with E-state index >= 15 is 0 Å². The second kappa shape index (κ2) is 40.3. The van der Waals surface area contributed by atoms with Crippen LogP contribution >= 0.6 is 12.6 Å². The van der Waals surface area contributed by atoms with Crippen molar-refractivity contribution in [1.29, 1.82) is 0 Å². The number of primary amides is 2. The van der Waals surface area contributed by atoms with Gasteiger partial charge in [0.15, 0.2) is 0 Å². The number of thiol groups is 1. The summed E-state index contributed by atoms with van der Waals surface area (Å²) in [5.74, 6) is -11.0. The maximum Gasteiger partial charge on any atom is 0.246 e. The fourth-order valence-electron chi connectivity index (χ4n) is 12.4. The highest BCUT2D eigenvalue weighted by molar-refractivity contribution is 7.80. The van der Waals surface area contributed by atoms with E-state index in [0.717, 1.165) is 16.5 Å². The predicted octanol–water partition coefficient (Wildman–Crippen LogP) is -0.209. The van der Waals surface area contributed by atoms with E-state index in [1.807, 2.05) is 31.2 Å². The van der Waals surface area contributed by atoms with E-state index < -0.39 is 162 Å². The molecule has 0 saturated carbocycles. The number of hydrogen-bond acceptors (Lipinski definition) is 16. The average Bonchev–Trinajstić information content (AvgIpc) is 1.68. The number of likely N-dealkylation sites (tertiary alicyclic amines) is 2. The third kappa shape index (κ3) is 25.2. The molecule has 2 aliphatic rings. The summed E-state index contributed by atoms with van der Waals surface area (Å²) in [6.45, 7) is 15.4. The molecule has 0 radical (unpaired) electrons. The number of carbonyl (C=O) groups is 14. The van der Waals surface area contributed by atoms with Gasteiger partial charge in [-0.05, 0) is 120 Å². The van der Waals surface area contributed by atoms with Crippen LogP contribution in [0.5, 0.6) is 0 Å². The van der Waals surface area contributed by atoms with Gasteiger partial charge in [-0.2, -0.15) is 12.6 Å². The largest absolute Gasteiger partial charge is 0.370 e. The van der Waals surface area contributed by atoms with Gasteiger partial charge in [-0.25, -0.2) is 0 Å². The second-order valence-corrected chi connectivity index (χ2v) is 27.6. The molecule has 0 aliphatic carbocycles. The van der Waals surface area contributed by atoms with Gasteiger partial charge >= 0.3 is 0 Å². The van der Waals surface area contributed by atoms with Crippen LogP contribution < -0.4 is 70.4 Å². The zero-order valence-corrected chi connectivity index (χ0v) is 60.3. The number of carbonyl (C=O) groups excluding carboxylic acids is 14. The SMILES string of the molecule is CC[C@H](C)[C@H](NC(=O)[C@H](Cc1c[nH]c2ccccc12)NC(=O)[C@@H]1CCCN1C(=O)[C@@H]1CCCN1C(=O)[C@H](C)NC(=O)[C@H](Cc1ccccc1)NC(=O)[C@H](CCCCN)NC(=O)[C@H](CCC(N)=O)NC(=O)[C@H](CC(C)C)NC(=O)[C@H](CC(C)C)NC(=O)[C@H](CS)NC(=O)[C@H](C)NC(C)=O)C(N)=O. The number of nitrogens with two attached hydrogens (primary N) is 3. The van der Waals surface area contributed by atoms with Crippen LogP contribution in [0.2, 0.25) is 0 Å². The molecule has 1 aromatic heterocycles. The van der Waals surface area contributed by atoms with E-state index in [-0.39, 0.29) is 94.5 Å². The van der Waals surface area contributed by atoms with E-state index in [1.165, 1.54) is 30.6 Å². The molecule has 0 spiro atoms. The number of H-pyrrole nitrogens is 1. The molecule has 3 aromatic rings. The van der Waals surface area contributed by atoms with Gasteiger partial charge in [-0.15, -0.1) is 0 Å². The van der Waals surface area contributed by atoms with E-state index in [9.17, 15) is 67.1 Å². The Hall–Kier alpha value is -9.13. The van der Waals surface area contributed by atoms with Crippen LogP contribution in [0.25, 0.3) is 10.9 Å². The lowest BCUT2D eigenvalue weighted by Crippen LogP contribution is -2.61. The van der Waals surface area contributed by atoms with Crippen molar-refractivity contribution in [2.45, 2.75) is 225 Å². The number of rotatable bonds is 40. The predicted molar refractivity (Wildman–Crippen MR) is 381 cm³/mol. The Labute approximate surface area is 595 Å². The van der Waals surface area contributed by atoms with Crippen molar-refractivity contribution in [1.82, 2.24) is 68.0 Å². The Bertz CT molecular complexity index is 3390. The third-order valence-electron chi connectivity index (χ3n) is 18.1. The van der Waals surface area contributed by atoms with Crippen LogP contribution in [0, 0.1) is 17.8 Å². The second-order valence-electron chi connectivity index (χ2n) is 27.2. The highest BCUT2D eigenvalue weighted by Crippen LogP contribution is 2.27. The van der Waals surface area contributed by atoms with Gasteiger partial charge in [0, 0.05) is 62.1 Å². The summed E-state index contributed by atoms with van der Waals surface area (Å²) in [5.41, 5.74) is 19.3. The highest BCUT2D eigenvalue weighted by Gasteiger charge is 2.45. The maximum absolute atomic E-state index is 14.7. The summed E-state index contributed by atoms with van der Waals surface area (Å²) in [7, 11) is 0. The summed E-state index contributed by atoms with van der Waals surface area (Å²) >= 11 is 4.22. The number of hydrogen-bond donors (Lipinski definition) is 15. The van der Waals surface area contributed by atoms with Gasteiger partial charge < -0.3 is 85.2 Å². The van der Waals surface area contributed by atoms with Crippen molar-refractivity contribution in [3.05, 3.63) is 71.9 Å². The molecule has 0 unspecified atom stereocenters. The van der Waals surface area contributed by atoms with Gasteiger partial charge in [0.2, 0.25) is 82.7 Å². The lowest BCUT2D eigenvalue weighted by atomic mass is 9.97. The van der Waals surface area contributed by atoms with Gasteiger partial charge in [0.05, 0.1) is 0 Å². The number of nitrogens with zero attached hydrogens (tertiary/aromatic N) is 2. The molecule has 2 aromatic carbocycles. The minimum Gasteiger partial charge on any atom is -0.370 e. The van der Waals surface area contributed by atoms with Crippen LogP contribution in [-0.4, -0.2) is 195 Å². The molecule has 2 aliphatic heterocycles. The topological polar surface area (TPSA) is 460 Å². The average molecular weight is 1430 g/mol. The Kier molecular flexibility index (Phi) is 33.0. The molecule has 14 amide bonds. The Morgan fingerprint density at radius 1 is 0.545 bits per heavy atom. The molecule has 101 heavy (non-hydrogen) atoms. The molecule has 3 heterocycles. The molecule has 556 valence electrons. The molecule has 17 N–H and O–H groups in total. The molecule has 31 heteroatoms. The first-order chi connectivity index (χ1) is 47.9. The molecule has 0 bridgehead atoms. The Balaban J connectivity index is 1.32. The highest BCUT2D eigenvalue weighted by atomic mass is 32.1. The molecule has 30 nitrogen and oxygen atoms in total. The minimum atomic E-state index is -1.53. The van der Waals surface area contributed by atoms with Gasteiger partial charge in [0.1, 0.15) is 72.5 Å². The molecule has 13 atom stereocenters. The number of benzene rings is 2. The number of aromatic amines is 1. The van der Waals surface area contributed by atoms with Crippen LogP contribution in [0.15, 0.2) is 60.8 Å². The first-order valence-electron chi connectivity index (χ1n) is 35.0. The summed E-state index contributed by atoms with van der Waals surface area (Å²) in [5, 5.41) is 27.6. The van der Waals surface area contributed by atoms with E-state index in [4.69, 9.17) is 17.2 Å². The lowest BCUT2D eigenvalue weighted by molar-refractivity contribution is -0.148. The number of nitrogens with one attached hydrogen (secondary N) is 11. The number of para-hydroxylation sites is 1. The van der Waals surface area contributed by atoms with Crippen molar-refractivity contribution in [2.75, 3.05) is 25.4 Å². The molecule has 5 rings (SSSR count). The van der Waals surface area contributed by atoms with Crippen molar-refractivity contribution in [2.24, 2.45) is 35.0 Å². The van der Waals surface area contributed by atoms with Crippen LogP contribution in [0.3, 0.4) is 0 Å². The standard InChI is InChI=1S/C70H106N16O14S/c1-10-40(6)58(59(73)89)84-66(96)53(35-45-36-74-47-23-15-14-22-46(45)47)82-68(98)55-25-18-30-85(55)70(100)56-26-19-31-86(56)69(99)42(8)76-63(93)52(34-44-20-12-11-13-21-44)81-61(91)48(24-16-17-29-71)77-62(92)49(27-28-57(72)88)78-64(94)50(32-38(2)3)79-65(95)51(33-39(4)5)80-67(97)54(37-101)83-60(90)41(7)75-43(9)87/h11-15,20-23,36,38-42,48-56,58,74,101H,10,16-19,24-35,37,71H2,1-9H3,(H2,72,88)(H2,73,89)(H,75,87)(H,76,93)(H,77,92)(H,78,94)(H,79,95)(H,80,97)(H,81,91)(H,82,98)(H,83,90)(H,84,96)/t40-,41-,42-,48-,49-,50-,51-,52-,53-,54-,55-,56-,58-/m0/s1. The molecule has 2 fully saturated rings. The molecule has 2 saturated heterocycles. The van der Waals surface area contributed by atoms with Crippen LogP contribution in [-0.2, 0) is 80.0 Å². The lowest BCUT2D eigenvalue weighted by Gasteiger charge is -2.33. The van der Waals surface area contributed by atoms with Crippen molar-refractivity contribution < 1.29 is 67.1 Å². The summed E-state index contributed by atoms with van der Waals surface area (Å²) < 4.78 is 0. The summed E-state index contributed by atoms with van der Waals surface area (Å²) in [6, 6.07) is 1.43. The normalized spacial score (nSPS) is 17.6. The quantitative estimate of drug-likeness (QED) is 0.0259. The number of fused-ring (bicyclic) bond motifs is 1. The van der Waals surface area contributed by atoms with Crippen molar-refractivity contribution >= 4 is 106 Å². The van der Waals surface area contributed by atoms with Gasteiger partial charge in [-0.3, -0.25) is 67.1 Å². The Morgan fingerprint density at radius 2 is 1.05 bits per heavy atom. The number of aromatic nitrogens is 1. The zero-order valence-electron chi connectivity index (χ0n) is 59.5. The number of amides is 14. The molecular formula is C70H106N16O14S.